The molecule has 2 rings (SSSR count). The lowest BCUT2D eigenvalue weighted by atomic mass is 9.91. The van der Waals surface area contributed by atoms with Gasteiger partial charge in [0, 0.05) is 10.5 Å². The molecule has 1 aliphatic carbocycles. The highest BCUT2D eigenvalue weighted by molar-refractivity contribution is 9.10. The van der Waals surface area contributed by atoms with E-state index in [9.17, 15) is 0 Å². The van der Waals surface area contributed by atoms with E-state index < -0.39 is 0 Å². The molecule has 0 spiro atoms. The number of hydrogen-bond acceptors (Lipinski definition) is 1. The van der Waals surface area contributed by atoms with Crippen LogP contribution in [-0.2, 0) is 6.42 Å². The monoisotopic (exact) mass is 323 g/mol. The van der Waals surface area contributed by atoms with Crippen molar-refractivity contribution in [3.05, 3.63) is 34.3 Å². The first-order chi connectivity index (χ1) is 9.29. The van der Waals surface area contributed by atoms with Crippen LogP contribution in [0.25, 0.3) is 0 Å². The van der Waals surface area contributed by atoms with Gasteiger partial charge in [0.15, 0.2) is 0 Å². The van der Waals surface area contributed by atoms with Crippen LogP contribution in [0.1, 0.15) is 51.0 Å². The van der Waals surface area contributed by atoms with E-state index in [2.05, 4.69) is 52.4 Å². The van der Waals surface area contributed by atoms with E-state index in [-0.39, 0.29) is 0 Å². The Kier molecular flexibility index (Phi) is 6.39. The first kappa shape index (κ1) is 15.1. The molecule has 0 aliphatic heterocycles. The fourth-order valence-electron chi connectivity index (χ4n) is 3.16. The molecule has 0 radical (unpaired) electrons. The zero-order valence-electron chi connectivity index (χ0n) is 12.0. The average Bonchev–Trinajstić information content (AvgIpc) is 2.64. The average molecular weight is 324 g/mol. The normalized spacial score (nSPS) is 24.1. The second-order valence-corrected chi connectivity index (χ2v) is 6.69. The van der Waals surface area contributed by atoms with Crippen molar-refractivity contribution in [1.82, 2.24) is 5.32 Å². The van der Waals surface area contributed by atoms with Crippen molar-refractivity contribution in [3.63, 3.8) is 0 Å². The highest BCUT2D eigenvalue weighted by atomic mass is 79.9. The molecule has 0 aromatic heterocycles. The number of nitrogens with one attached hydrogen (secondary N) is 1. The Bertz CT molecular complexity index is 377. The fraction of sp³-hybridized carbons (Fsp3) is 0.647. The van der Waals surface area contributed by atoms with Gasteiger partial charge in [-0.3, -0.25) is 0 Å². The highest BCUT2D eigenvalue weighted by Crippen LogP contribution is 2.28. The summed E-state index contributed by atoms with van der Waals surface area (Å²) in [6, 6.07) is 9.44. The quantitative estimate of drug-likeness (QED) is 0.757. The molecule has 2 heteroatoms. The van der Waals surface area contributed by atoms with Gasteiger partial charge in [-0.25, -0.2) is 0 Å². The van der Waals surface area contributed by atoms with E-state index in [1.807, 2.05) is 0 Å². The molecule has 0 saturated heterocycles. The summed E-state index contributed by atoms with van der Waals surface area (Å²) in [5, 5.41) is 3.73. The third-order valence-corrected chi connectivity index (χ3v) is 4.96. The standard InChI is InChI=1S/C17H26BrN/c1-2-11-19-16-9-5-3-7-14(13-16)12-15-8-4-6-10-17(15)18/h4,6,8,10,14,16,19H,2-3,5,7,9,11-13H2,1H3. The van der Waals surface area contributed by atoms with Crippen molar-refractivity contribution in [2.24, 2.45) is 5.92 Å². The Morgan fingerprint density at radius 3 is 2.79 bits per heavy atom. The largest absolute Gasteiger partial charge is 0.314 e. The summed E-state index contributed by atoms with van der Waals surface area (Å²) in [4.78, 5) is 0. The Morgan fingerprint density at radius 1 is 1.21 bits per heavy atom. The zero-order valence-corrected chi connectivity index (χ0v) is 13.6. The minimum atomic E-state index is 0.745. The lowest BCUT2D eigenvalue weighted by Crippen LogP contribution is -2.31. The predicted molar refractivity (Wildman–Crippen MR) is 86.5 cm³/mol. The van der Waals surface area contributed by atoms with Crippen LogP contribution < -0.4 is 5.32 Å². The maximum Gasteiger partial charge on any atom is 0.0207 e. The summed E-state index contributed by atoms with van der Waals surface area (Å²) in [5.74, 6) is 0.843. The molecular formula is C17H26BrN. The third kappa shape index (κ3) is 4.92. The molecule has 0 heterocycles. The number of halogens is 1. The van der Waals surface area contributed by atoms with Gasteiger partial charge >= 0.3 is 0 Å². The van der Waals surface area contributed by atoms with Gasteiger partial charge in [0.2, 0.25) is 0 Å². The van der Waals surface area contributed by atoms with Crippen molar-refractivity contribution in [2.75, 3.05) is 6.54 Å². The van der Waals surface area contributed by atoms with Gasteiger partial charge < -0.3 is 5.32 Å². The minimum Gasteiger partial charge on any atom is -0.314 e. The number of benzene rings is 1. The van der Waals surface area contributed by atoms with Gasteiger partial charge in [0.25, 0.3) is 0 Å². The van der Waals surface area contributed by atoms with Crippen molar-refractivity contribution < 1.29 is 0 Å². The second-order valence-electron chi connectivity index (χ2n) is 5.83. The maximum absolute atomic E-state index is 3.73. The molecule has 1 aromatic carbocycles. The molecule has 106 valence electrons. The Morgan fingerprint density at radius 2 is 2.00 bits per heavy atom. The first-order valence-electron chi connectivity index (χ1n) is 7.76. The molecule has 19 heavy (non-hydrogen) atoms. The Labute approximate surface area is 126 Å². The molecule has 1 saturated carbocycles. The summed E-state index contributed by atoms with van der Waals surface area (Å²) >= 11 is 3.68. The second kappa shape index (κ2) is 8.06. The van der Waals surface area contributed by atoms with Crippen molar-refractivity contribution in [1.29, 1.82) is 0 Å². The predicted octanol–water partition coefficient (Wildman–Crippen LogP) is 4.94. The van der Waals surface area contributed by atoms with Crippen molar-refractivity contribution >= 4 is 15.9 Å². The minimum absolute atomic E-state index is 0.745. The molecule has 1 aromatic rings. The highest BCUT2D eigenvalue weighted by Gasteiger charge is 2.20. The number of hydrogen-bond donors (Lipinski definition) is 1. The van der Waals surface area contributed by atoms with Crippen LogP contribution in [0.5, 0.6) is 0 Å². The van der Waals surface area contributed by atoms with Crippen LogP contribution in [0.3, 0.4) is 0 Å². The van der Waals surface area contributed by atoms with Gasteiger partial charge in [-0.2, -0.15) is 0 Å². The summed E-state index contributed by atoms with van der Waals surface area (Å²) < 4.78 is 1.28. The summed E-state index contributed by atoms with van der Waals surface area (Å²) in [5.41, 5.74) is 1.48. The van der Waals surface area contributed by atoms with Crippen LogP contribution in [0.15, 0.2) is 28.7 Å². The topological polar surface area (TPSA) is 12.0 Å². The van der Waals surface area contributed by atoms with Crippen LogP contribution in [0, 0.1) is 5.92 Å². The smallest absolute Gasteiger partial charge is 0.0207 e. The van der Waals surface area contributed by atoms with Gasteiger partial charge in [-0.1, -0.05) is 60.3 Å². The van der Waals surface area contributed by atoms with Crippen molar-refractivity contribution in [2.45, 2.75) is 57.9 Å². The van der Waals surface area contributed by atoms with E-state index >= 15 is 0 Å². The molecule has 0 amide bonds. The van der Waals surface area contributed by atoms with E-state index in [0.29, 0.717) is 0 Å². The van der Waals surface area contributed by atoms with E-state index in [4.69, 9.17) is 0 Å². The van der Waals surface area contributed by atoms with Crippen LogP contribution in [-0.4, -0.2) is 12.6 Å². The van der Waals surface area contributed by atoms with E-state index in [1.165, 1.54) is 61.5 Å². The van der Waals surface area contributed by atoms with Crippen LogP contribution >= 0.6 is 15.9 Å². The van der Waals surface area contributed by atoms with E-state index in [0.717, 1.165) is 12.0 Å². The Balaban J connectivity index is 1.93. The number of rotatable bonds is 5. The van der Waals surface area contributed by atoms with Gasteiger partial charge in [0.1, 0.15) is 0 Å². The molecule has 1 N–H and O–H groups in total. The summed E-state index contributed by atoms with van der Waals surface area (Å²) in [6.45, 7) is 3.43. The molecule has 1 nitrogen and oxygen atoms in total. The summed E-state index contributed by atoms with van der Waals surface area (Å²) in [6.07, 6.45) is 9.38. The molecule has 2 unspecified atom stereocenters. The maximum atomic E-state index is 3.73. The molecule has 0 bridgehead atoms. The molecule has 2 atom stereocenters. The molecule has 1 aliphatic rings. The lowest BCUT2D eigenvalue weighted by molar-refractivity contribution is 0.384. The van der Waals surface area contributed by atoms with Gasteiger partial charge in [-0.05, 0) is 49.8 Å². The van der Waals surface area contributed by atoms with Crippen LogP contribution in [0.4, 0.5) is 0 Å². The van der Waals surface area contributed by atoms with Gasteiger partial charge in [0.05, 0.1) is 0 Å². The van der Waals surface area contributed by atoms with E-state index in [1.54, 1.807) is 0 Å². The van der Waals surface area contributed by atoms with Gasteiger partial charge in [-0.15, -0.1) is 0 Å². The van der Waals surface area contributed by atoms with Crippen molar-refractivity contribution in [3.8, 4) is 0 Å². The lowest BCUT2D eigenvalue weighted by Gasteiger charge is -2.21. The molecular weight excluding hydrogens is 298 g/mol. The fourth-order valence-corrected chi connectivity index (χ4v) is 3.60. The third-order valence-electron chi connectivity index (χ3n) is 4.18. The summed E-state index contributed by atoms with van der Waals surface area (Å²) in [7, 11) is 0. The van der Waals surface area contributed by atoms with Crippen LogP contribution in [0.2, 0.25) is 0 Å². The molecule has 1 fully saturated rings. The first-order valence-corrected chi connectivity index (χ1v) is 8.55. The zero-order chi connectivity index (χ0) is 13.5. The Hall–Kier alpha value is -0.340. The SMILES string of the molecule is CCCNC1CCCCC(Cc2ccccc2Br)C1.